The SMILES string of the molecule is CCc1c(F)ccc2c1C=CC(O)(N1CCc3cnc(OCC4(CN(C)C)CC4)nc3C1)C2. The third-order valence-corrected chi connectivity index (χ3v) is 7.30. The Bertz CT molecular complexity index is 1080. The van der Waals surface area contributed by atoms with Crippen LogP contribution in [0, 0.1) is 11.2 Å². The summed E-state index contributed by atoms with van der Waals surface area (Å²) in [6, 6.07) is 3.73. The van der Waals surface area contributed by atoms with E-state index in [0.717, 1.165) is 35.3 Å². The van der Waals surface area contributed by atoms with Crippen LogP contribution in [0.3, 0.4) is 0 Å². The van der Waals surface area contributed by atoms with Crippen LogP contribution in [0.4, 0.5) is 4.39 Å². The van der Waals surface area contributed by atoms with Crippen molar-refractivity contribution < 1.29 is 14.2 Å². The van der Waals surface area contributed by atoms with E-state index < -0.39 is 5.72 Å². The van der Waals surface area contributed by atoms with Gasteiger partial charge in [-0.1, -0.05) is 19.1 Å². The number of fused-ring (bicyclic) bond motifs is 2. The highest BCUT2D eigenvalue weighted by Crippen LogP contribution is 2.46. The van der Waals surface area contributed by atoms with Crippen molar-refractivity contribution >= 4 is 6.08 Å². The molecule has 5 rings (SSSR count). The molecule has 0 spiro atoms. The standard InChI is InChI=1S/C26H33FN4O2/c1-4-20-21-7-9-26(32,13-18(21)5-6-22(20)27)31-12-8-19-14-28-24(29-23(19)15-31)33-17-25(10-11-25)16-30(2)3/h5-7,9,14,32H,4,8,10-13,15-17H2,1-3H3. The van der Waals surface area contributed by atoms with Crippen LogP contribution in [-0.4, -0.2) is 64.4 Å². The summed E-state index contributed by atoms with van der Waals surface area (Å²) in [7, 11) is 4.18. The molecule has 1 atom stereocenters. The Morgan fingerprint density at radius 1 is 1.24 bits per heavy atom. The number of aliphatic hydroxyl groups is 1. The fourth-order valence-corrected chi connectivity index (χ4v) is 5.28. The van der Waals surface area contributed by atoms with Crippen molar-refractivity contribution in [3.63, 3.8) is 0 Å². The van der Waals surface area contributed by atoms with Gasteiger partial charge in [-0.25, -0.2) is 9.37 Å². The molecule has 0 radical (unpaired) electrons. The molecule has 0 saturated heterocycles. The van der Waals surface area contributed by atoms with Gasteiger partial charge in [-0.3, -0.25) is 4.90 Å². The number of nitrogens with zero attached hydrogens (tertiary/aromatic N) is 4. The highest BCUT2D eigenvalue weighted by Gasteiger charge is 2.44. The van der Waals surface area contributed by atoms with Crippen LogP contribution >= 0.6 is 0 Å². The van der Waals surface area contributed by atoms with Crippen LogP contribution in [0.15, 0.2) is 24.4 Å². The van der Waals surface area contributed by atoms with E-state index in [0.29, 0.717) is 44.1 Å². The van der Waals surface area contributed by atoms with Crippen molar-refractivity contribution in [2.24, 2.45) is 5.41 Å². The van der Waals surface area contributed by atoms with Crippen molar-refractivity contribution in [2.45, 2.75) is 51.3 Å². The lowest BCUT2D eigenvalue weighted by molar-refractivity contribution is -0.0768. The number of ether oxygens (including phenoxy) is 1. The summed E-state index contributed by atoms with van der Waals surface area (Å²) in [5, 5.41) is 11.5. The first-order valence-corrected chi connectivity index (χ1v) is 11.9. The predicted molar refractivity (Wildman–Crippen MR) is 125 cm³/mol. The summed E-state index contributed by atoms with van der Waals surface area (Å²) in [5.74, 6) is -0.180. The molecular weight excluding hydrogens is 419 g/mol. The summed E-state index contributed by atoms with van der Waals surface area (Å²) >= 11 is 0. The quantitative estimate of drug-likeness (QED) is 0.696. The number of hydrogen-bond acceptors (Lipinski definition) is 6. The summed E-state index contributed by atoms with van der Waals surface area (Å²) in [5.41, 5.74) is 3.71. The number of hydrogen-bond donors (Lipinski definition) is 1. The first-order valence-electron chi connectivity index (χ1n) is 11.9. The van der Waals surface area contributed by atoms with Gasteiger partial charge in [0.1, 0.15) is 11.5 Å². The monoisotopic (exact) mass is 452 g/mol. The molecule has 2 heterocycles. The summed E-state index contributed by atoms with van der Waals surface area (Å²) in [4.78, 5) is 13.4. The predicted octanol–water partition coefficient (Wildman–Crippen LogP) is 3.21. The van der Waals surface area contributed by atoms with Gasteiger partial charge in [0.25, 0.3) is 0 Å². The van der Waals surface area contributed by atoms with Gasteiger partial charge < -0.3 is 14.7 Å². The molecule has 2 aliphatic carbocycles. The fourth-order valence-electron chi connectivity index (χ4n) is 5.28. The number of halogens is 1. The van der Waals surface area contributed by atoms with Gasteiger partial charge in [0.15, 0.2) is 0 Å². The van der Waals surface area contributed by atoms with Crippen LogP contribution in [0.2, 0.25) is 0 Å². The molecule has 6 nitrogen and oxygen atoms in total. The maximum Gasteiger partial charge on any atom is 0.316 e. The lowest BCUT2D eigenvalue weighted by Crippen LogP contribution is -2.52. The van der Waals surface area contributed by atoms with E-state index in [9.17, 15) is 9.50 Å². The summed E-state index contributed by atoms with van der Waals surface area (Å²) < 4.78 is 20.2. The molecule has 1 aromatic heterocycles. The maximum absolute atomic E-state index is 14.2. The van der Waals surface area contributed by atoms with Crippen LogP contribution in [0.25, 0.3) is 6.08 Å². The Morgan fingerprint density at radius 2 is 2.06 bits per heavy atom. The van der Waals surface area contributed by atoms with Crippen molar-refractivity contribution in [1.82, 2.24) is 19.8 Å². The Balaban J connectivity index is 1.31. The van der Waals surface area contributed by atoms with Gasteiger partial charge in [-0.2, -0.15) is 4.98 Å². The van der Waals surface area contributed by atoms with E-state index in [1.54, 1.807) is 6.07 Å². The highest BCUT2D eigenvalue weighted by atomic mass is 19.1. The van der Waals surface area contributed by atoms with Crippen LogP contribution < -0.4 is 4.74 Å². The zero-order valence-electron chi connectivity index (χ0n) is 19.8. The lowest BCUT2D eigenvalue weighted by atomic mass is 9.86. The van der Waals surface area contributed by atoms with Crippen LogP contribution in [0.5, 0.6) is 6.01 Å². The Labute approximate surface area is 195 Å². The van der Waals surface area contributed by atoms with E-state index >= 15 is 0 Å². The normalized spacial score (nSPS) is 23.3. The first kappa shape index (κ1) is 22.4. The van der Waals surface area contributed by atoms with Crippen molar-refractivity contribution in [1.29, 1.82) is 0 Å². The van der Waals surface area contributed by atoms with Gasteiger partial charge in [-0.15, -0.1) is 0 Å². The van der Waals surface area contributed by atoms with Crippen molar-refractivity contribution in [2.75, 3.05) is 33.8 Å². The smallest absolute Gasteiger partial charge is 0.316 e. The molecule has 1 aromatic carbocycles. The second-order valence-corrected chi connectivity index (χ2v) is 10.2. The second kappa shape index (κ2) is 8.46. The summed E-state index contributed by atoms with van der Waals surface area (Å²) in [6.07, 6.45) is 9.75. The van der Waals surface area contributed by atoms with E-state index in [4.69, 9.17) is 9.72 Å². The molecule has 0 amide bonds. The molecule has 2 aromatic rings. The third-order valence-electron chi connectivity index (χ3n) is 7.30. The minimum Gasteiger partial charge on any atom is -0.463 e. The van der Waals surface area contributed by atoms with Gasteiger partial charge in [0, 0.05) is 37.7 Å². The Morgan fingerprint density at radius 3 is 2.79 bits per heavy atom. The molecule has 1 fully saturated rings. The number of benzene rings is 1. The van der Waals surface area contributed by atoms with E-state index in [-0.39, 0.29) is 11.2 Å². The molecule has 1 aliphatic heterocycles. The Hall–Kier alpha value is -2.35. The highest BCUT2D eigenvalue weighted by molar-refractivity contribution is 5.62. The molecule has 0 bridgehead atoms. The van der Waals surface area contributed by atoms with E-state index in [2.05, 4.69) is 28.9 Å². The Kier molecular flexibility index (Phi) is 5.75. The molecular formula is C26H33FN4O2. The summed E-state index contributed by atoms with van der Waals surface area (Å²) in [6.45, 7) is 4.83. The molecule has 3 aliphatic rings. The molecule has 176 valence electrons. The lowest BCUT2D eigenvalue weighted by Gasteiger charge is -2.42. The zero-order chi connectivity index (χ0) is 23.2. The van der Waals surface area contributed by atoms with Gasteiger partial charge in [0.05, 0.1) is 12.3 Å². The molecule has 1 N–H and O–H groups in total. The second-order valence-electron chi connectivity index (χ2n) is 10.2. The zero-order valence-corrected chi connectivity index (χ0v) is 19.8. The number of rotatable bonds is 7. The van der Waals surface area contributed by atoms with Gasteiger partial charge in [-0.05, 0) is 74.2 Å². The van der Waals surface area contributed by atoms with Crippen LogP contribution in [-0.2, 0) is 25.8 Å². The van der Waals surface area contributed by atoms with Crippen LogP contribution in [0.1, 0.15) is 47.7 Å². The van der Waals surface area contributed by atoms with Gasteiger partial charge in [0.2, 0.25) is 0 Å². The van der Waals surface area contributed by atoms with Crippen molar-refractivity contribution in [3.05, 3.63) is 58.2 Å². The maximum atomic E-state index is 14.2. The molecule has 1 unspecified atom stereocenters. The minimum absolute atomic E-state index is 0.180. The minimum atomic E-state index is -1.12. The average molecular weight is 453 g/mol. The third kappa shape index (κ3) is 4.42. The molecule has 33 heavy (non-hydrogen) atoms. The van der Waals surface area contributed by atoms with Crippen molar-refractivity contribution in [3.8, 4) is 6.01 Å². The van der Waals surface area contributed by atoms with E-state index in [1.165, 1.54) is 18.9 Å². The number of aromatic nitrogens is 2. The largest absolute Gasteiger partial charge is 0.463 e. The van der Waals surface area contributed by atoms with Gasteiger partial charge >= 0.3 is 6.01 Å². The molecule has 7 heteroatoms. The first-order chi connectivity index (χ1) is 15.8. The average Bonchev–Trinajstić information content (AvgIpc) is 3.56. The molecule has 1 saturated carbocycles. The fraction of sp³-hybridized carbons (Fsp3) is 0.538. The van der Waals surface area contributed by atoms with E-state index in [1.807, 2.05) is 25.3 Å². The topological polar surface area (TPSA) is 61.7 Å².